The van der Waals surface area contributed by atoms with Crippen molar-refractivity contribution < 1.29 is 22.7 Å². The fourth-order valence-electron chi connectivity index (χ4n) is 2.49. The molecule has 2 aromatic rings. The quantitative estimate of drug-likeness (QED) is 0.830. The maximum absolute atomic E-state index is 12.6. The zero-order chi connectivity index (χ0) is 18.8. The van der Waals surface area contributed by atoms with Crippen LogP contribution in [0.15, 0.2) is 42.5 Å². The predicted molar refractivity (Wildman–Crippen MR) is 90.7 cm³/mol. The molecule has 0 fully saturated rings. The SMILES string of the molecule is Cc1cc(C)cc(C(C)(C)C(=O)Nc2ccc(OC(F)(F)F)cc2)c1. The minimum atomic E-state index is -4.74. The van der Waals surface area contributed by atoms with Crippen LogP contribution in [0.2, 0.25) is 0 Å². The van der Waals surface area contributed by atoms with Gasteiger partial charge >= 0.3 is 6.36 Å². The topological polar surface area (TPSA) is 38.3 Å². The van der Waals surface area contributed by atoms with Crippen LogP contribution in [0.4, 0.5) is 18.9 Å². The fraction of sp³-hybridized carbons (Fsp3) is 0.316. The lowest BCUT2D eigenvalue weighted by atomic mass is 9.82. The lowest BCUT2D eigenvalue weighted by molar-refractivity contribution is -0.274. The van der Waals surface area contributed by atoms with Crippen LogP contribution >= 0.6 is 0 Å². The predicted octanol–water partition coefficient (Wildman–Crippen LogP) is 5.12. The Hall–Kier alpha value is -2.50. The summed E-state index contributed by atoms with van der Waals surface area (Å²) in [6.07, 6.45) is -4.74. The summed E-state index contributed by atoms with van der Waals surface area (Å²) in [5.41, 5.74) is 2.60. The van der Waals surface area contributed by atoms with Gasteiger partial charge in [0.15, 0.2) is 0 Å². The van der Waals surface area contributed by atoms with Crippen molar-refractivity contribution in [2.75, 3.05) is 5.32 Å². The van der Waals surface area contributed by atoms with Gasteiger partial charge in [-0.25, -0.2) is 0 Å². The number of carbonyl (C=O) groups is 1. The smallest absolute Gasteiger partial charge is 0.406 e. The molecule has 0 aromatic heterocycles. The zero-order valence-corrected chi connectivity index (χ0v) is 14.5. The molecule has 6 heteroatoms. The van der Waals surface area contributed by atoms with Gasteiger partial charge in [0.2, 0.25) is 5.91 Å². The number of rotatable bonds is 4. The van der Waals surface area contributed by atoms with E-state index in [2.05, 4.69) is 10.1 Å². The third kappa shape index (κ3) is 4.98. The maximum Gasteiger partial charge on any atom is 0.573 e. The molecule has 0 bridgehead atoms. The van der Waals surface area contributed by atoms with Crippen molar-refractivity contribution >= 4 is 11.6 Å². The number of alkyl halides is 3. The lowest BCUT2D eigenvalue weighted by Crippen LogP contribution is -2.34. The first-order chi connectivity index (χ1) is 11.5. The van der Waals surface area contributed by atoms with Gasteiger partial charge in [-0.05, 0) is 57.5 Å². The largest absolute Gasteiger partial charge is 0.573 e. The normalized spacial score (nSPS) is 12.0. The molecule has 1 N–H and O–H groups in total. The second kappa shape index (κ2) is 6.78. The van der Waals surface area contributed by atoms with Crippen molar-refractivity contribution in [3.8, 4) is 5.75 Å². The van der Waals surface area contributed by atoms with Gasteiger partial charge in [0.1, 0.15) is 5.75 Å². The summed E-state index contributed by atoms with van der Waals surface area (Å²) in [5, 5.41) is 2.73. The van der Waals surface area contributed by atoms with Crippen LogP contribution in [0.5, 0.6) is 5.75 Å². The van der Waals surface area contributed by atoms with Crippen LogP contribution < -0.4 is 10.1 Å². The molecule has 0 unspecified atom stereocenters. The van der Waals surface area contributed by atoms with E-state index in [1.54, 1.807) is 13.8 Å². The second-order valence-electron chi connectivity index (χ2n) is 6.53. The van der Waals surface area contributed by atoms with Crippen LogP contribution in [-0.2, 0) is 10.2 Å². The molecule has 0 saturated carbocycles. The average molecular weight is 351 g/mol. The molecular formula is C19H20F3NO2. The molecule has 0 spiro atoms. The first kappa shape index (κ1) is 18.8. The molecule has 25 heavy (non-hydrogen) atoms. The highest BCUT2D eigenvalue weighted by Gasteiger charge is 2.32. The molecule has 0 radical (unpaired) electrons. The minimum Gasteiger partial charge on any atom is -0.406 e. The minimum absolute atomic E-state index is 0.248. The molecule has 134 valence electrons. The van der Waals surface area contributed by atoms with Gasteiger partial charge in [-0.15, -0.1) is 13.2 Å². The van der Waals surface area contributed by atoms with Crippen LogP contribution in [0, 0.1) is 13.8 Å². The number of hydrogen-bond acceptors (Lipinski definition) is 2. The molecule has 0 aliphatic heterocycles. The lowest BCUT2D eigenvalue weighted by Gasteiger charge is -2.25. The van der Waals surface area contributed by atoms with Crippen molar-refractivity contribution in [2.45, 2.75) is 39.5 Å². The van der Waals surface area contributed by atoms with E-state index in [-0.39, 0.29) is 11.7 Å². The van der Waals surface area contributed by atoms with E-state index < -0.39 is 11.8 Å². The number of anilines is 1. The number of halogens is 3. The summed E-state index contributed by atoms with van der Waals surface area (Å²) in [6.45, 7) is 7.53. The first-order valence-corrected chi connectivity index (χ1v) is 7.73. The van der Waals surface area contributed by atoms with Crippen molar-refractivity contribution in [3.05, 3.63) is 59.2 Å². The number of aryl methyl sites for hydroxylation is 2. The third-order valence-electron chi connectivity index (χ3n) is 3.86. The van der Waals surface area contributed by atoms with Crippen molar-refractivity contribution in [1.29, 1.82) is 0 Å². The molecule has 1 amide bonds. The Morgan fingerprint density at radius 2 is 1.48 bits per heavy atom. The first-order valence-electron chi connectivity index (χ1n) is 7.73. The van der Waals surface area contributed by atoms with Crippen LogP contribution in [0.1, 0.15) is 30.5 Å². The van der Waals surface area contributed by atoms with Crippen LogP contribution in [0.25, 0.3) is 0 Å². The summed E-state index contributed by atoms with van der Waals surface area (Å²) in [6, 6.07) is 11.0. The molecule has 3 nitrogen and oxygen atoms in total. The Kier molecular flexibility index (Phi) is 5.11. The van der Waals surface area contributed by atoms with E-state index in [4.69, 9.17) is 0 Å². The van der Waals surface area contributed by atoms with E-state index in [1.807, 2.05) is 32.0 Å². The number of nitrogens with one attached hydrogen (secondary N) is 1. The second-order valence-corrected chi connectivity index (χ2v) is 6.53. The molecular weight excluding hydrogens is 331 g/mol. The summed E-state index contributed by atoms with van der Waals surface area (Å²) >= 11 is 0. The van der Waals surface area contributed by atoms with Gasteiger partial charge in [0.25, 0.3) is 0 Å². The Labute approximate surface area is 144 Å². The van der Waals surface area contributed by atoms with E-state index in [1.165, 1.54) is 12.1 Å². The van der Waals surface area contributed by atoms with E-state index in [9.17, 15) is 18.0 Å². The monoisotopic (exact) mass is 351 g/mol. The molecule has 2 aromatic carbocycles. The number of hydrogen-bond donors (Lipinski definition) is 1. The van der Waals surface area contributed by atoms with Crippen LogP contribution in [-0.4, -0.2) is 12.3 Å². The standard InChI is InChI=1S/C19H20F3NO2/c1-12-9-13(2)11-14(10-12)18(3,4)17(24)23-15-5-7-16(8-6-15)25-19(20,21)22/h5-11H,1-4H3,(H,23,24). The molecule has 0 aliphatic carbocycles. The van der Waals surface area contributed by atoms with E-state index >= 15 is 0 Å². The summed E-state index contributed by atoms with van der Waals surface area (Å²) in [7, 11) is 0. The Balaban J connectivity index is 2.15. The highest BCUT2D eigenvalue weighted by molar-refractivity contribution is 5.98. The maximum atomic E-state index is 12.6. The van der Waals surface area contributed by atoms with Gasteiger partial charge in [0, 0.05) is 5.69 Å². The van der Waals surface area contributed by atoms with Crippen molar-refractivity contribution in [2.24, 2.45) is 0 Å². The van der Waals surface area contributed by atoms with Gasteiger partial charge in [0.05, 0.1) is 5.41 Å². The fourth-order valence-corrected chi connectivity index (χ4v) is 2.49. The van der Waals surface area contributed by atoms with Gasteiger partial charge in [-0.2, -0.15) is 0 Å². The van der Waals surface area contributed by atoms with Crippen LogP contribution in [0.3, 0.4) is 0 Å². The van der Waals surface area contributed by atoms with Gasteiger partial charge in [-0.1, -0.05) is 29.3 Å². The average Bonchev–Trinajstić information content (AvgIpc) is 2.46. The Bertz CT molecular complexity index is 745. The van der Waals surface area contributed by atoms with Gasteiger partial charge in [-0.3, -0.25) is 4.79 Å². The molecule has 0 atom stereocenters. The highest BCUT2D eigenvalue weighted by Crippen LogP contribution is 2.28. The molecule has 0 saturated heterocycles. The molecule has 0 aliphatic rings. The number of amides is 1. The Morgan fingerprint density at radius 3 is 1.96 bits per heavy atom. The molecule has 2 rings (SSSR count). The molecule has 0 heterocycles. The number of benzene rings is 2. The number of carbonyl (C=O) groups excluding carboxylic acids is 1. The summed E-state index contributed by atoms with van der Waals surface area (Å²) in [5.74, 6) is -0.582. The van der Waals surface area contributed by atoms with Crippen molar-refractivity contribution in [3.63, 3.8) is 0 Å². The zero-order valence-electron chi connectivity index (χ0n) is 14.5. The van der Waals surface area contributed by atoms with Gasteiger partial charge < -0.3 is 10.1 Å². The third-order valence-corrected chi connectivity index (χ3v) is 3.86. The summed E-state index contributed by atoms with van der Waals surface area (Å²) in [4.78, 5) is 12.6. The van der Waals surface area contributed by atoms with Crippen molar-refractivity contribution in [1.82, 2.24) is 0 Å². The van der Waals surface area contributed by atoms with E-state index in [0.717, 1.165) is 28.8 Å². The Morgan fingerprint density at radius 1 is 0.960 bits per heavy atom. The highest BCUT2D eigenvalue weighted by atomic mass is 19.4. The van der Waals surface area contributed by atoms with E-state index in [0.29, 0.717) is 5.69 Å². The number of ether oxygens (including phenoxy) is 1. The summed E-state index contributed by atoms with van der Waals surface area (Å²) < 4.78 is 40.3.